The Hall–Kier alpha value is -0.0900. The maximum atomic E-state index is 10.6. The van der Waals surface area contributed by atoms with Gasteiger partial charge in [-0.3, -0.25) is 4.79 Å². The minimum Gasteiger partial charge on any atom is -0.465 e. The summed E-state index contributed by atoms with van der Waals surface area (Å²) in [6, 6.07) is 0. The molecule has 0 heterocycles. The van der Waals surface area contributed by atoms with Crippen LogP contribution < -0.4 is 0 Å². The van der Waals surface area contributed by atoms with Crippen molar-refractivity contribution in [3.05, 3.63) is 0 Å². The van der Waals surface area contributed by atoms with Crippen molar-refractivity contribution in [1.82, 2.24) is 0 Å². The number of carbonyl (C=O) groups excluding carboxylic acids is 1. The minimum atomic E-state index is -0.228. The summed E-state index contributed by atoms with van der Waals surface area (Å²) in [5.74, 6) is -0.228. The van der Waals surface area contributed by atoms with Crippen molar-refractivity contribution in [2.24, 2.45) is 0 Å². The molecular formula is C7H13BrO3. The van der Waals surface area contributed by atoms with Crippen molar-refractivity contribution >= 4 is 21.9 Å². The van der Waals surface area contributed by atoms with Gasteiger partial charge in [0.05, 0.1) is 12.7 Å². The highest BCUT2D eigenvalue weighted by atomic mass is 79.9. The molecule has 0 aliphatic carbocycles. The van der Waals surface area contributed by atoms with Gasteiger partial charge in [-0.25, -0.2) is 0 Å². The van der Waals surface area contributed by atoms with E-state index in [1.807, 2.05) is 6.92 Å². The summed E-state index contributed by atoms with van der Waals surface area (Å²) in [4.78, 5) is 10.6. The summed E-state index contributed by atoms with van der Waals surface area (Å²) < 4.78 is 9.76. The van der Waals surface area contributed by atoms with Gasteiger partial charge in [0, 0.05) is 13.5 Å². The highest BCUT2D eigenvalue weighted by molar-refractivity contribution is 9.09. The first kappa shape index (κ1) is 10.9. The third-order valence-electron chi connectivity index (χ3n) is 1.30. The van der Waals surface area contributed by atoms with Crippen LogP contribution in [0.3, 0.4) is 0 Å². The number of ether oxygens (including phenoxy) is 2. The van der Waals surface area contributed by atoms with Gasteiger partial charge in [0.25, 0.3) is 0 Å². The lowest BCUT2D eigenvalue weighted by Gasteiger charge is -2.08. The molecule has 0 saturated carbocycles. The molecule has 66 valence electrons. The second-order valence-corrected chi connectivity index (χ2v) is 2.75. The van der Waals surface area contributed by atoms with Gasteiger partial charge in [-0.05, 0) is 6.92 Å². The topological polar surface area (TPSA) is 35.5 Å². The van der Waals surface area contributed by atoms with Gasteiger partial charge in [0.2, 0.25) is 0 Å². The second kappa shape index (κ2) is 6.61. The Morgan fingerprint density at radius 1 is 1.64 bits per heavy atom. The van der Waals surface area contributed by atoms with Gasteiger partial charge in [0.1, 0.15) is 5.33 Å². The summed E-state index contributed by atoms with van der Waals surface area (Å²) in [5, 5.41) is 0.258. The molecule has 0 aromatic rings. The zero-order chi connectivity index (χ0) is 8.69. The lowest BCUT2D eigenvalue weighted by Crippen LogP contribution is -2.12. The lowest BCUT2D eigenvalue weighted by atomic mass is 10.3. The van der Waals surface area contributed by atoms with Gasteiger partial charge in [0.15, 0.2) is 0 Å². The first-order chi connectivity index (χ1) is 5.20. The highest BCUT2D eigenvalue weighted by Crippen LogP contribution is 1.96. The van der Waals surface area contributed by atoms with Gasteiger partial charge in [-0.15, -0.1) is 0 Å². The fraction of sp³-hybridized carbons (Fsp3) is 0.857. The first-order valence-electron chi connectivity index (χ1n) is 3.45. The number of rotatable bonds is 5. The first-order valence-corrected chi connectivity index (χ1v) is 4.57. The molecule has 0 N–H and O–H groups in total. The third kappa shape index (κ3) is 6.31. The van der Waals surface area contributed by atoms with Crippen molar-refractivity contribution in [3.8, 4) is 0 Å². The molecule has 0 amide bonds. The minimum absolute atomic E-state index is 0.151. The van der Waals surface area contributed by atoms with Crippen LogP contribution in [0, 0.1) is 0 Å². The average Bonchev–Trinajstić information content (AvgIpc) is 2.04. The molecule has 0 radical (unpaired) electrons. The molecule has 0 rings (SSSR count). The van der Waals surface area contributed by atoms with E-state index in [-0.39, 0.29) is 17.4 Å². The zero-order valence-electron chi connectivity index (χ0n) is 6.80. The smallest absolute Gasteiger partial charge is 0.316 e. The molecule has 11 heavy (non-hydrogen) atoms. The van der Waals surface area contributed by atoms with E-state index in [4.69, 9.17) is 9.47 Å². The molecule has 0 aromatic heterocycles. The predicted molar refractivity (Wildman–Crippen MR) is 45.8 cm³/mol. The predicted octanol–water partition coefficient (Wildman–Crippen LogP) is 1.35. The van der Waals surface area contributed by atoms with Crippen molar-refractivity contribution in [2.45, 2.75) is 19.4 Å². The van der Waals surface area contributed by atoms with Crippen molar-refractivity contribution < 1.29 is 14.3 Å². The Morgan fingerprint density at radius 2 is 2.27 bits per heavy atom. The molecule has 0 saturated heterocycles. The van der Waals surface area contributed by atoms with Gasteiger partial charge >= 0.3 is 5.97 Å². The molecule has 3 nitrogen and oxygen atoms in total. The molecular weight excluding hydrogens is 212 g/mol. The Kier molecular flexibility index (Phi) is 6.56. The molecule has 0 spiro atoms. The Labute approximate surface area is 75.2 Å². The van der Waals surface area contributed by atoms with Crippen LogP contribution in [0.1, 0.15) is 13.3 Å². The van der Waals surface area contributed by atoms with E-state index in [9.17, 15) is 4.79 Å². The van der Waals surface area contributed by atoms with Crippen LogP contribution in [0.25, 0.3) is 0 Å². The van der Waals surface area contributed by atoms with Crippen LogP contribution in [-0.4, -0.2) is 31.1 Å². The van der Waals surface area contributed by atoms with Gasteiger partial charge in [-0.2, -0.15) is 0 Å². The number of hydrogen-bond acceptors (Lipinski definition) is 3. The molecule has 1 atom stereocenters. The summed E-state index contributed by atoms with van der Waals surface area (Å²) in [6.45, 7) is 2.36. The van der Waals surface area contributed by atoms with Crippen LogP contribution in [0.5, 0.6) is 0 Å². The van der Waals surface area contributed by atoms with Gasteiger partial charge in [-0.1, -0.05) is 15.9 Å². The lowest BCUT2D eigenvalue weighted by molar-refractivity contribution is -0.140. The number of alkyl halides is 1. The maximum absolute atomic E-state index is 10.6. The van der Waals surface area contributed by atoms with E-state index in [1.54, 1.807) is 7.11 Å². The monoisotopic (exact) mass is 224 g/mol. The summed E-state index contributed by atoms with van der Waals surface area (Å²) >= 11 is 2.99. The Balaban J connectivity index is 3.20. The fourth-order valence-electron chi connectivity index (χ4n) is 0.495. The third-order valence-corrected chi connectivity index (χ3v) is 1.76. The summed E-state index contributed by atoms with van der Waals surface area (Å²) in [7, 11) is 1.64. The number of hydrogen-bond donors (Lipinski definition) is 0. The largest absolute Gasteiger partial charge is 0.465 e. The van der Waals surface area contributed by atoms with E-state index in [2.05, 4.69) is 15.9 Å². The van der Waals surface area contributed by atoms with E-state index in [0.29, 0.717) is 6.61 Å². The van der Waals surface area contributed by atoms with Crippen molar-refractivity contribution in [1.29, 1.82) is 0 Å². The summed E-state index contributed by atoms with van der Waals surface area (Å²) in [5.41, 5.74) is 0. The molecule has 0 unspecified atom stereocenters. The Bertz CT molecular complexity index is 116. The molecule has 0 aliphatic rings. The van der Waals surface area contributed by atoms with Gasteiger partial charge < -0.3 is 9.47 Å². The molecule has 4 heteroatoms. The average molecular weight is 225 g/mol. The van der Waals surface area contributed by atoms with E-state index >= 15 is 0 Å². The quantitative estimate of drug-likeness (QED) is 0.523. The van der Waals surface area contributed by atoms with Crippen LogP contribution in [-0.2, 0) is 14.3 Å². The number of carbonyl (C=O) groups is 1. The molecule has 0 aromatic carbocycles. The normalized spacial score (nSPS) is 12.6. The number of halogens is 1. The molecule has 0 aliphatic heterocycles. The van der Waals surface area contributed by atoms with Crippen LogP contribution in [0.2, 0.25) is 0 Å². The van der Waals surface area contributed by atoms with Crippen LogP contribution in [0.15, 0.2) is 0 Å². The van der Waals surface area contributed by atoms with Crippen molar-refractivity contribution in [3.63, 3.8) is 0 Å². The zero-order valence-corrected chi connectivity index (χ0v) is 8.39. The number of esters is 1. The van der Waals surface area contributed by atoms with E-state index in [0.717, 1.165) is 6.42 Å². The maximum Gasteiger partial charge on any atom is 0.316 e. The van der Waals surface area contributed by atoms with Crippen molar-refractivity contribution in [2.75, 3.05) is 19.0 Å². The molecule has 0 bridgehead atoms. The highest BCUT2D eigenvalue weighted by Gasteiger charge is 2.02. The van der Waals surface area contributed by atoms with E-state index < -0.39 is 0 Å². The number of methoxy groups -OCH3 is 1. The molecule has 0 fully saturated rings. The SMILES string of the molecule is CO[C@H](C)CCOC(=O)CBr. The fourth-order valence-corrected chi connectivity index (χ4v) is 0.657. The van der Waals surface area contributed by atoms with Crippen LogP contribution in [0.4, 0.5) is 0 Å². The second-order valence-electron chi connectivity index (χ2n) is 2.19. The summed E-state index contributed by atoms with van der Waals surface area (Å²) in [6.07, 6.45) is 0.896. The van der Waals surface area contributed by atoms with Crippen LogP contribution >= 0.6 is 15.9 Å². The Morgan fingerprint density at radius 3 is 2.73 bits per heavy atom. The van der Waals surface area contributed by atoms with E-state index in [1.165, 1.54) is 0 Å². The standard InChI is InChI=1S/C7H13BrO3/c1-6(10-2)3-4-11-7(9)5-8/h6H,3-5H2,1-2H3/t6-/m1/s1.